The summed E-state index contributed by atoms with van der Waals surface area (Å²) in [5.74, 6) is -2.05. The molecule has 0 aromatic heterocycles. The average Bonchev–Trinajstić information content (AvgIpc) is 2.51. The maximum atomic E-state index is 12.6. The van der Waals surface area contributed by atoms with Crippen molar-refractivity contribution in [1.29, 1.82) is 0 Å². The van der Waals surface area contributed by atoms with Gasteiger partial charge in [0.2, 0.25) is 0 Å². The summed E-state index contributed by atoms with van der Waals surface area (Å²) in [6.45, 7) is 5.64. The van der Waals surface area contributed by atoms with Crippen LogP contribution in [0.4, 0.5) is 17.6 Å². The lowest BCUT2D eigenvalue weighted by Gasteiger charge is -2.02. The van der Waals surface area contributed by atoms with Crippen LogP contribution in [0.1, 0.15) is 27.2 Å². The number of hydrogen-bond acceptors (Lipinski definition) is 0. The lowest BCUT2D eigenvalue weighted by Crippen LogP contribution is -2.08. The van der Waals surface area contributed by atoms with Gasteiger partial charge in [0.25, 0.3) is 0 Å². The first kappa shape index (κ1) is 11.5. The van der Waals surface area contributed by atoms with Gasteiger partial charge in [0.1, 0.15) is 0 Å². The summed E-state index contributed by atoms with van der Waals surface area (Å²) in [5, 5.41) is 0. The molecule has 1 rings (SSSR count). The van der Waals surface area contributed by atoms with Crippen molar-refractivity contribution in [3.63, 3.8) is 0 Å². The van der Waals surface area contributed by atoms with Crippen LogP contribution in [0, 0.1) is 17.3 Å². The van der Waals surface area contributed by atoms with Gasteiger partial charge in [0.05, 0.1) is 0 Å². The molecule has 0 nitrogen and oxygen atoms in total. The standard InChI is InChI=1S/C10H14F4/c1-4-6-7(9(6,2)3)5-8(11)10(12,13)14/h5-7H,4H2,1-3H3. The van der Waals surface area contributed by atoms with Gasteiger partial charge < -0.3 is 0 Å². The second-order valence-corrected chi connectivity index (χ2v) is 4.37. The highest BCUT2D eigenvalue weighted by atomic mass is 19.4. The van der Waals surface area contributed by atoms with Gasteiger partial charge in [-0.2, -0.15) is 13.2 Å². The van der Waals surface area contributed by atoms with Crippen molar-refractivity contribution in [3.05, 3.63) is 11.9 Å². The number of allylic oxidation sites excluding steroid dienone is 2. The zero-order chi connectivity index (χ0) is 11.1. The van der Waals surface area contributed by atoms with E-state index < -0.39 is 12.0 Å². The van der Waals surface area contributed by atoms with Crippen molar-refractivity contribution < 1.29 is 17.6 Å². The van der Waals surface area contributed by atoms with E-state index >= 15 is 0 Å². The van der Waals surface area contributed by atoms with Gasteiger partial charge in [-0.1, -0.05) is 27.2 Å². The summed E-state index contributed by atoms with van der Waals surface area (Å²) >= 11 is 0. The molecule has 0 spiro atoms. The minimum absolute atomic E-state index is 0.176. The fourth-order valence-corrected chi connectivity index (χ4v) is 2.15. The maximum Gasteiger partial charge on any atom is 0.442 e. The average molecular weight is 210 g/mol. The smallest absolute Gasteiger partial charge is 0.202 e. The monoisotopic (exact) mass is 210 g/mol. The van der Waals surface area contributed by atoms with E-state index in [1.165, 1.54) is 0 Å². The van der Waals surface area contributed by atoms with Crippen molar-refractivity contribution >= 4 is 0 Å². The van der Waals surface area contributed by atoms with Crippen molar-refractivity contribution in [2.75, 3.05) is 0 Å². The Kier molecular flexibility index (Phi) is 2.67. The molecule has 0 aliphatic heterocycles. The molecule has 1 aliphatic carbocycles. The minimum Gasteiger partial charge on any atom is -0.202 e. The van der Waals surface area contributed by atoms with Crippen molar-refractivity contribution in [2.45, 2.75) is 33.4 Å². The molecule has 1 fully saturated rings. The van der Waals surface area contributed by atoms with Crippen molar-refractivity contribution in [1.82, 2.24) is 0 Å². The van der Waals surface area contributed by atoms with Gasteiger partial charge in [0, 0.05) is 0 Å². The first-order chi connectivity index (χ1) is 6.21. The molecule has 14 heavy (non-hydrogen) atoms. The summed E-state index contributed by atoms with van der Waals surface area (Å²) < 4.78 is 48.2. The SMILES string of the molecule is CCC1C(C=C(F)C(F)(F)F)C1(C)C. The van der Waals surface area contributed by atoms with Crippen molar-refractivity contribution in [3.8, 4) is 0 Å². The highest BCUT2D eigenvalue weighted by Gasteiger charge is 2.56. The zero-order valence-corrected chi connectivity index (χ0v) is 8.45. The second-order valence-electron chi connectivity index (χ2n) is 4.37. The van der Waals surface area contributed by atoms with Crippen LogP contribution in [0.25, 0.3) is 0 Å². The van der Waals surface area contributed by atoms with Crippen LogP contribution in [-0.4, -0.2) is 6.18 Å². The normalized spacial score (nSPS) is 31.8. The molecule has 4 heteroatoms. The molecule has 0 heterocycles. The Morgan fingerprint density at radius 2 is 1.86 bits per heavy atom. The molecule has 0 radical (unpaired) electrons. The highest BCUT2D eigenvalue weighted by Crippen LogP contribution is 2.61. The van der Waals surface area contributed by atoms with Crippen LogP contribution in [0.3, 0.4) is 0 Å². The third-order valence-corrected chi connectivity index (χ3v) is 3.18. The quantitative estimate of drug-likeness (QED) is 0.602. The topological polar surface area (TPSA) is 0 Å². The maximum absolute atomic E-state index is 12.6. The van der Waals surface area contributed by atoms with Crippen LogP contribution in [0.5, 0.6) is 0 Å². The van der Waals surface area contributed by atoms with Crippen LogP contribution in [-0.2, 0) is 0 Å². The predicted molar refractivity (Wildman–Crippen MR) is 46.3 cm³/mol. The van der Waals surface area contributed by atoms with E-state index in [1.54, 1.807) is 0 Å². The Morgan fingerprint density at radius 1 is 1.36 bits per heavy atom. The molecule has 1 aliphatic rings. The summed E-state index contributed by atoms with van der Waals surface area (Å²) in [6.07, 6.45) is -3.30. The molecule has 0 N–H and O–H groups in total. The summed E-state index contributed by atoms with van der Waals surface area (Å²) in [6, 6.07) is 0. The summed E-state index contributed by atoms with van der Waals surface area (Å²) in [4.78, 5) is 0. The van der Waals surface area contributed by atoms with E-state index in [4.69, 9.17) is 0 Å². The molecule has 0 aromatic carbocycles. The van der Waals surface area contributed by atoms with Gasteiger partial charge >= 0.3 is 6.18 Å². The first-order valence-electron chi connectivity index (χ1n) is 4.65. The Balaban J connectivity index is 2.72. The molecule has 0 bridgehead atoms. The molecular weight excluding hydrogens is 196 g/mol. The number of alkyl halides is 3. The number of halogens is 4. The van der Waals surface area contributed by atoms with Crippen LogP contribution in [0.15, 0.2) is 11.9 Å². The Hall–Kier alpha value is -0.540. The van der Waals surface area contributed by atoms with Gasteiger partial charge in [-0.3, -0.25) is 0 Å². The Bertz CT molecular complexity index is 249. The molecule has 0 saturated heterocycles. The van der Waals surface area contributed by atoms with Crippen molar-refractivity contribution in [2.24, 2.45) is 17.3 Å². The van der Waals surface area contributed by atoms with E-state index in [0.29, 0.717) is 0 Å². The number of rotatable bonds is 2. The second kappa shape index (κ2) is 3.24. The van der Waals surface area contributed by atoms with E-state index in [0.717, 1.165) is 12.5 Å². The third-order valence-electron chi connectivity index (χ3n) is 3.18. The lowest BCUT2D eigenvalue weighted by atomic mass is 10.1. The highest BCUT2D eigenvalue weighted by molar-refractivity contribution is 5.17. The molecule has 1 saturated carbocycles. The van der Waals surface area contributed by atoms with Gasteiger partial charge in [-0.15, -0.1) is 0 Å². The molecule has 2 unspecified atom stereocenters. The third kappa shape index (κ3) is 1.93. The molecule has 82 valence electrons. The predicted octanol–water partition coefficient (Wildman–Crippen LogP) is 4.08. The van der Waals surface area contributed by atoms with E-state index in [9.17, 15) is 17.6 Å². The fourth-order valence-electron chi connectivity index (χ4n) is 2.15. The Morgan fingerprint density at radius 3 is 2.14 bits per heavy atom. The zero-order valence-electron chi connectivity index (χ0n) is 8.45. The summed E-state index contributed by atoms with van der Waals surface area (Å²) in [7, 11) is 0. The van der Waals surface area contributed by atoms with Crippen LogP contribution < -0.4 is 0 Å². The van der Waals surface area contributed by atoms with Gasteiger partial charge in [-0.05, 0) is 23.3 Å². The van der Waals surface area contributed by atoms with Gasteiger partial charge in [0.15, 0.2) is 5.83 Å². The minimum atomic E-state index is -4.82. The largest absolute Gasteiger partial charge is 0.442 e. The first-order valence-corrected chi connectivity index (χ1v) is 4.65. The van der Waals surface area contributed by atoms with Gasteiger partial charge in [-0.25, -0.2) is 4.39 Å². The number of hydrogen-bond donors (Lipinski definition) is 0. The van der Waals surface area contributed by atoms with E-state index in [1.807, 2.05) is 20.8 Å². The van der Waals surface area contributed by atoms with E-state index in [2.05, 4.69) is 0 Å². The molecule has 0 aromatic rings. The molecule has 0 amide bonds. The van der Waals surface area contributed by atoms with E-state index in [-0.39, 0.29) is 17.3 Å². The fraction of sp³-hybridized carbons (Fsp3) is 0.800. The summed E-state index contributed by atoms with van der Waals surface area (Å²) in [5.41, 5.74) is -0.183. The molecular formula is C10H14F4. The molecule has 2 atom stereocenters. The van der Waals surface area contributed by atoms with Crippen LogP contribution >= 0.6 is 0 Å². The van der Waals surface area contributed by atoms with Crippen LogP contribution in [0.2, 0.25) is 0 Å². The lowest BCUT2D eigenvalue weighted by molar-refractivity contribution is -0.109. The Labute approximate surface area is 81.0 Å².